The van der Waals surface area contributed by atoms with Crippen LogP contribution in [-0.2, 0) is 13.1 Å². The number of carbonyl (C=O) groups excluding carboxylic acids is 1. The molecule has 0 unspecified atom stereocenters. The van der Waals surface area contributed by atoms with Crippen molar-refractivity contribution < 1.29 is 9.32 Å². The van der Waals surface area contributed by atoms with E-state index in [0.717, 1.165) is 37.2 Å². The van der Waals surface area contributed by atoms with Crippen molar-refractivity contribution in [3.8, 4) is 22.6 Å². The predicted molar refractivity (Wildman–Crippen MR) is 129 cm³/mol. The second kappa shape index (κ2) is 10.7. The van der Waals surface area contributed by atoms with Gasteiger partial charge in [-0.3, -0.25) is 4.79 Å². The van der Waals surface area contributed by atoms with E-state index in [4.69, 9.17) is 4.52 Å². The molecule has 0 aliphatic carbocycles. The maximum Gasteiger partial charge on any atom is 0.251 e. The van der Waals surface area contributed by atoms with Crippen LogP contribution < -0.4 is 10.6 Å². The number of carbonyl (C=O) groups is 1. The van der Waals surface area contributed by atoms with Gasteiger partial charge in [0.15, 0.2) is 5.76 Å². The molecule has 0 aliphatic heterocycles. The lowest BCUT2D eigenvalue weighted by molar-refractivity contribution is 0.0943. The van der Waals surface area contributed by atoms with E-state index in [-0.39, 0.29) is 11.9 Å². The van der Waals surface area contributed by atoms with Gasteiger partial charge in [0, 0.05) is 54.3 Å². The Bertz CT molecular complexity index is 1160. The molecule has 0 radical (unpaired) electrons. The predicted octanol–water partition coefficient (Wildman–Crippen LogP) is 4.52. The Morgan fingerprint density at radius 3 is 2.70 bits per heavy atom. The second-order valence-electron chi connectivity index (χ2n) is 8.31. The van der Waals surface area contributed by atoms with E-state index in [2.05, 4.69) is 37.5 Å². The summed E-state index contributed by atoms with van der Waals surface area (Å²) < 4.78 is 7.67. The maximum absolute atomic E-state index is 12.3. The van der Waals surface area contributed by atoms with Gasteiger partial charge in [-0.2, -0.15) is 0 Å². The van der Waals surface area contributed by atoms with E-state index >= 15 is 0 Å². The molecule has 4 rings (SSSR count). The van der Waals surface area contributed by atoms with Crippen LogP contribution >= 0.6 is 0 Å². The summed E-state index contributed by atoms with van der Waals surface area (Å²) in [6.07, 6.45) is 6.67. The fraction of sp³-hybridized carbons (Fsp3) is 0.269. The van der Waals surface area contributed by atoms with Crippen LogP contribution in [0.15, 0.2) is 77.8 Å². The van der Waals surface area contributed by atoms with Crippen LogP contribution in [0.4, 0.5) is 0 Å². The van der Waals surface area contributed by atoms with Crippen LogP contribution in [0, 0.1) is 0 Å². The largest absolute Gasteiger partial charge is 0.356 e. The molecular weight excluding hydrogens is 414 g/mol. The summed E-state index contributed by atoms with van der Waals surface area (Å²) in [5.41, 5.74) is 4.33. The molecule has 33 heavy (non-hydrogen) atoms. The first-order valence-electron chi connectivity index (χ1n) is 11.2. The number of nitrogens with one attached hydrogen (secondary N) is 2. The molecule has 2 aromatic heterocycles. The molecule has 4 aromatic rings. The third-order valence-electron chi connectivity index (χ3n) is 5.25. The summed E-state index contributed by atoms with van der Waals surface area (Å²) >= 11 is 0. The number of aromatic nitrogens is 3. The van der Waals surface area contributed by atoms with Crippen molar-refractivity contribution in [3.63, 3.8) is 0 Å². The number of nitrogens with zero attached hydrogens (tertiary/aromatic N) is 3. The van der Waals surface area contributed by atoms with Crippen LogP contribution in [-0.4, -0.2) is 33.2 Å². The quantitative estimate of drug-likeness (QED) is 0.352. The van der Waals surface area contributed by atoms with Crippen LogP contribution in [0.25, 0.3) is 22.6 Å². The van der Waals surface area contributed by atoms with Gasteiger partial charge in [0.05, 0.1) is 6.33 Å². The first-order valence-corrected chi connectivity index (χ1v) is 11.2. The zero-order valence-electron chi connectivity index (χ0n) is 19.0. The average Bonchev–Trinajstić information content (AvgIpc) is 3.52. The van der Waals surface area contributed by atoms with E-state index < -0.39 is 0 Å². The molecule has 7 nitrogen and oxygen atoms in total. The van der Waals surface area contributed by atoms with Crippen molar-refractivity contribution in [1.82, 2.24) is 25.3 Å². The van der Waals surface area contributed by atoms with Crippen molar-refractivity contribution in [2.75, 3.05) is 6.54 Å². The smallest absolute Gasteiger partial charge is 0.251 e. The van der Waals surface area contributed by atoms with E-state index in [1.807, 2.05) is 62.8 Å². The number of benzene rings is 2. The van der Waals surface area contributed by atoms with Crippen molar-refractivity contribution in [2.24, 2.45) is 0 Å². The van der Waals surface area contributed by atoms with Gasteiger partial charge in [0.1, 0.15) is 5.69 Å². The molecule has 170 valence electrons. The van der Waals surface area contributed by atoms with Gasteiger partial charge in [-0.15, -0.1) is 0 Å². The molecule has 0 spiro atoms. The highest BCUT2D eigenvalue weighted by Crippen LogP contribution is 2.27. The van der Waals surface area contributed by atoms with Crippen molar-refractivity contribution in [3.05, 3.63) is 84.4 Å². The summed E-state index contributed by atoms with van der Waals surface area (Å²) in [5.74, 6) is 0.600. The molecule has 2 aromatic carbocycles. The molecule has 7 heteroatoms. The van der Waals surface area contributed by atoms with Gasteiger partial charge in [0.25, 0.3) is 5.91 Å². The molecule has 0 fully saturated rings. The summed E-state index contributed by atoms with van der Waals surface area (Å²) in [5, 5.41) is 10.6. The van der Waals surface area contributed by atoms with Gasteiger partial charge in [-0.1, -0.05) is 41.6 Å². The minimum absolute atomic E-state index is 0.0836. The fourth-order valence-electron chi connectivity index (χ4n) is 3.54. The molecule has 2 heterocycles. The van der Waals surface area contributed by atoms with Crippen LogP contribution in [0.2, 0.25) is 0 Å². The van der Waals surface area contributed by atoms with E-state index in [9.17, 15) is 4.79 Å². The molecule has 2 N–H and O–H groups in total. The fourth-order valence-corrected chi connectivity index (χ4v) is 3.54. The second-order valence-corrected chi connectivity index (χ2v) is 8.31. The van der Waals surface area contributed by atoms with Gasteiger partial charge >= 0.3 is 0 Å². The van der Waals surface area contributed by atoms with Crippen LogP contribution in [0.5, 0.6) is 0 Å². The van der Waals surface area contributed by atoms with Crippen molar-refractivity contribution in [2.45, 2.75) is 39.4 Å². The average molecular weight is 444 g/mol. The molecular formula is C26H29N5O2. The SMILES string of the molecule is CC(C)NC(=O)c1cccc(-c2cc(-c3ccc(CNCCCn4ccnc4)cc3)on2)c1. The molecule has 1 amide bonds. The topological polar surface area (TPSA) is 85.0 Å². The summed E-state index contributed by atoms with van der Waals surface area (Å²) in [6, 6.07) is 17.7. The number of hydrogen-bond donors (Lipinski definition) is 2. The molecule has 0 bridgehead atoms. The van der Waals surface area contributed by atoms with E-state index in [1.165, 1.54) is 5.56 Å². The highest BCUT2D eigenvalue weighted by atomic mass is 16.5. The number of rotatable bonds is 10. The van der Waals surface area contributed by atoms with Gasteiger partial charge in [0.2, 0.25) is 0 Å². The zero-order chi connectivity index (χ0) is 23.0. The van der Waals surface area contributed by atoms with Crippen molar-refractivity contribution in [1.29, 1.82) is 0 Å². The number of aryl methyl sites for hydroxylation is 1. The normalized spacial score (nSPS) is 11.1. The Kier molecular flexibility index (Phi) is 7.32. The highest BCUT2D eigenvalue weighted by Gasteiger charge is 2.12. The first kappa shape index (κ1) is 22.5. The molecule has 0 aliphatic rings. The Morgan fingerprint density at radius 2 is 1.94 bits per heavy atom. The van der Waals surface area contributed by atoms with E-state index in [0.29, 0.717) is 17.0 Å². The van der Waals surface area contributed by atoms with E-state index in [1.54, 1.807) is 12.3 Å². The minimum atomic E-state index is -0.0958. The Morgan fingerprint density at radius 1 is 1.09 bits per heavy atom. The Hall–Kier alpha value is -3.71. The summed E-state index contributed by atoms with van der Waals surface area (Å²) in [7, 11) is 0. The van der Waals surface area contributed by atoms with Crippen LogP contribution in [0.1, 0.15) is 36.2 Å². The summed E-state index contributed by atoms with van der Waals surface area (Å²) in [6.45, 7) is 6.61. The number of imidazole rings is 1. The lowest BCUT2D eigenvalue weighted by atomic mass is 10.1. The highest BCUT2D eigenvalue weighted by molar-refractivity contribution is 5.95. The lowest BCUT2D eigenvalue weighted by Gasteiger charge is -2.08. The third kappa shape index (κ3) is 6.17. The van der Waals surface area contributed by atoms with Gasteiger partial charge in [-0.25, -0.2) is 4.98 Å². The van der Waals surface area contributed by atoms with Gasteiger partial charge in [-0.05, 0) is 44.5 Å². The molecule has 0 saturated heterocycles. The number of amides is 1. The zero-order valence-corrected chi connectivity index (χ0v) is 19.0. The van der Waals surface area contributed by atoms with Crippen molar-refractivity contribution >= 4 is 5.91 Å². The number of hydrogen-bond acceptors (Lipinski definition) is 5. The molecule has 0 saturated carbocycles. The van der Waals surface area contributed by atoms with Gasteiger partial charge < -0.3 is 19.7 Å². The maximum atomic E-state index is 12.3. The minimum Gasteiger partial charge on any atom is -0.356 e. The monoisotopic (exact) mass is 443 g/mol. The third-order valence-corrected chi connectivity index (χ3v) is 5.25. The Labute approximate surface area is 193 Å². The standard InChI is InChI=1S/C26H29N5O2/c1-19(2)29-26(32)23-6-3-5-22(15-23)24-16-25(33-30-24)21-9-7-20(8-10-21)17-27-11-4-13-31-14-12-28-18-31/h3,5-10,12,14-16,18-19,27H,4,11,13,17H2,1-2H3,(H,29,32). The summed E-state index contributed by atoms with van der Waals surface area (Å²) in [4.78, 5) is 16.4. The lowest BCUT2D eigenvalue weighted by Crippen LogP contribution is -2.30. The van der Waals surface area contributed by atoms with Crippen LogP contribution in [0.3, 0.4) is 0 Å². The Balaban J connectivity index is 1.33. The molecule has 0 atom stereocenters. The first-order chi connectivity index (χ1) is 16.1.